The average molecular weight is 450 g/mol. The summed E-state index contributed by atoms with van der Waals surface area (Å²) < 4.78 is 0. The Kier molecular flexibility index (Phi) is 5.60. The molecule has 2 heterocycles. The van der Waals surface area contributed by atoms with E-state index in [4.69, 9.17) is 34.8 Å². The van der Waals surface area contributed by atoms with Gasteiger partial charge in [-0.15, -0.1) is 0 Å². The van der Waals surface area contributed by atoms with Crippen LogP contribution in [0.1, 0.15) is 25.3 Å². The van der Waals surface area contributed by atoms with Crippen LogP contribution in [0.25, 0.3) is 5.57 Å². The van der Waals surface area contributed by atoms with Crippen molar-refractivity contribution in [1.29, 1.82) is 0 Å². The summed E-state index contributed by atoms with van der Waals surface area (Å²) in [6.45, 7) is 3.61. The largest absolute Gasteiger partial charge is 0.366 e. The highest BCUT2D eigenvalue weighted by Gasteiger charge is 2.43. The highest BCUT2D eigenvalue weighted by Crippen LogP contribution is 2.39. The molecule has 0 aliphatic carbocycles. The summed E-state index contributed by atoms with van der Waals surface area (Å²) >= 11 is 18.5. The standard InChI is InChI=1S/C22H19Cl3N2O2/c1-13-3-2-10-26(12-13)20-19(14-4-6-15(23)7-5-14)21(28)27(22(20)29)18-11-16(24)8-9-17(18)25/h4-9,11,13H,2-3,10,12H2,1H3. The fourth-order valence-electron chi connectivity index (χ4n) is 3.96. The van der Waals surface area contributed by atoms with Gasteiger partial charge in [-0.25, -0.2) is 4.90 Å². The number of halogens is 3. The van der Waals surface area contributed by atoms with Crippen LogP contribution in [0.15, 0.2) is 48.2 Å². The molecule has 0 N–H and O–H groups in total. The molecule has 7 heteroatoms. The second kappa shape index (κ2) is 8.02. The van der Waals surface area contributed by atoms with Crippen molar-refractivity contribution in [3.8, 4) is 0 Å². The molecule has 0 spiro atoms. The molecule has 29 heavy (non-hydrogen) atoms. The van der Waals surface area contributed by atoms with E-state index in [9.17, 15) is 9.59 Å². The first kappa shape index (κ1) is 20.3. The normalized spacial score (nSPS) is 20.1. The van der Waals surface area contributed by atoms with E-state index in [1.54, 1.807) is 42.5 Å². The first-order valence-electron chi connectivity index (χ1n) is 9.46. The van der Waals surface area contributed by atoms with E-state index in [-0.39, 0.29) is 5.91 Å². The number of carbonyl (C=O) groups is 2. The third-order valence-corrected chi connectivity index (χ3v) is 6.12. The number of nitrogens with zero attached hydrogens (tertiary/aromatic N) is 2. The summed E-state index contributed by atoms with van der Waals surface area (Å²) in [6.07, 6.45) is 2.07. The Morgan fingerprint density at radius 2 is 1.62 bits per heavy atom. The number of benzene rings is 2. The lowest BCUT2D eigenvalue weighted by Gasteiger charge is -2.33. The van der Waals surface area contributed by atoms with Crippen molar-refractivity contribution in [3.63, 3.8) is 0 Å². The number of imide groups is 1. The molecule has 0 saturated carbocycles. The smallest absolute Gasteiger partial charge is 0.282 e. The third kappa shape index (κ3) is 3.77. The number of piperidine rings is 1. The first-order valence-corrected chi connectivity index (χ1v) is 10.6. The van der Waals surface area contributed by atoms with Crippen LogP contribution in [0, 0.1) is 5.92 Å². The van der Waals surface area contributed by atoms with Crippen LogP contribution in [-0.2, 0) is 9.59 Å². The molecular weight excluding hydrogens is 431 g/mol. The van der Waals surface area contributed by atoms with Gasteiger partial charge in [-0.1, -0.05) is 53.9 Å². The highest BCUT2D eigenvalue weighted by molar-refractivity contribution is 6.47. The summed E-state index contributed by atoms with van der Waals surface area (Å²) in [7, 11) is 0. The van der Waals surface area contributed by atoms with Gasteiger partial charge in [0.2, 0.25) is 0 Å². The number of amides is 2. The van der Waals surface area contributed by atoms with Gasteiger partial charge in [-0.2, -0.15) is 0 Å². The van der Waals surface area contributed by atoms with E-state index in [2.05, 4.69) is 6.92 Å². The van der Waals surface area contributed by atoms with Gasteiger partial charge in [0.05, 0.1) is 16.3 Å². The summed E-state index contributed by atoms with van der Waals surface area (Å²) in [6, 6.07) is 11.7. The molecule has 2 aromatic carbocycles. The lowest BCUT2D eigenvalue weighted by atomic mass is 9.98. The van der Waals surface area contributed by atoms with Crippen LogP contribution < -0.4 is 4.90 Å². The molecule has 4 rings (SSSR count). The van der Waals surface area contributed by atoms with Crippen molar-refractivity contribution in [2.75, 3.05) is 18.0 Å². The van der Waals surface area contributed by atoms with Gasteiger partial charge >= 0.3 is 0 Å². The zero-order valence-electron chi connectivity index (χ0n) is 15.8. The summed E-state index contributed by atoms with van der Waals surface area (Å²) in [5.74, 6) is -0.345. The molecule has 1 fully saturated rings. The molecule has 0 radical (unpaired) electrons. The van der Waals surface area contributed by atoms with E-state index in [1.165, 1.54) is 0 Å². The van der Waals surface area contributed by atoms with Gasteiger partial charge < -0.3 is 4.90 Å². The molecule has 1 atom stereocenters. The maximum atomic E-state index is 13.5. The molecule has 2 aliphatic rings. The topological polar surface area (TPSA) is 40.6 Å². The lowest BCUT2D eigenvalue weighted by molar-refractivity contribution is -0.120. The van der Waals surface area contributed by atoms with Crippen LogP contribution in [-0.4, -0.2) is 29.8 Å². The van der Waals surface area contributed by atoms with Crippen LogP contribution >= 0.6 is 34.8 Å². The van der Waals surface area contributed by atoms with Crippen LogP contribution in [0.2, 0.25) is 15.1 Å². The fraction of sp³-hybridized carbons (Fsp3) is 0.273. The Bertz CT molecular complexity index is 1020. The van der Waals surface area contributed by atoms with Crippen molar-refractivity contribution in [3.05, 3.63) is 68.8 Å². The Balaban J connectivity index is 1.85. The minimum atomic E-state index is -0.408. The first-order chi connectivity index (χ1) is 13.9. The second-order valence-electron chi connectivity index (χ2n) is 7.47. The van der Waals surface area contributed by atoms with E-state index < -0.39 is 5.91 Å². The van der Waals surface area contributed by atoms with Crippen LogP contribution in [0.3, 0.4) is 0 Å². The van der Waals surface area contributed by atoms with E-state index >= 15 is 0 Å². The number of hydrogen-bond acceptors (Lipinski definition) is 3. The maximum absolute atomic E-state index is 13.5. The van der Waals surface area contributed by atoms with Gasteiger partial charge in [0.25, 0.3) is 11.8 Å². The molecule has 4 nitrogen and oxygen atoms in total. The van der Waals surface area contributed by atoms with Gasteiger partial charge in [0.15, 0.2) is 0 Å². The molecule has 2 aromatic rings. The highest BCUT2D eigenvalue weighted by atomic mass is 35.5. The zero-order chi connectivity index (χ0) is 20.7. The molecule has 2 aliphatic heterocycles. The minimum absolute atomic E-state index is 0.291. The Labute approximate surface area is 184 Å². The van der Waals surface area contributed by atoms with E-state index in [0.717, 1.165) is 30.8 Å². The van der Waals surface area contributed by atoms with Crippen molar-refractivity contribution in [2.45, 2.75) is 19.8 Å². The molecule has 1 unspecified atom stereocenters. The fourth-order valence-corrected chi connectivity index (χ4v) is 4.45. The third-order valence-electron chi connectivity index (χ3n) is 5.31. The Morgan fingerprint density at radius 1 is 0.931 bits per heavy atom. The minimum Gasteiger partial charge on any atom is -0.366 e. The van der Waals surface area contributed by atoms with Crippen molar-refractivity contribution in [2.24, 2.45) is 5.92 Å². The predicted molar refractivity (Wildman–Crippen MR) is 117 cm³/mol. The molecule has 2 amide bonds. The predicted octanol–water partition coefficient (Wildman–Crippen LogP) is 5.66. The number of likely N-dealkylation sites (tertiary alicyclic amines) is 1. The quantitative estimate of drug-likeness (QED) is 0.567. The van der Waals surface area contributed by atoms with Crippen molar-refractivity contribution >= 4 is 57.9 Å². The lowest BCUT2D eigenvalue weighted by Crippen LogP contribution is -2.39. The average Bonchev–Trinajstić information content (AvgIpc) is 2.95. The second-order valence-corrected chi connectivity index (χ2v) is 8.75. The van der Waals surface area contributed by atoms with Crippen molar-refractivity contribution in [1.82, 2.24) is 4.90 Å². The molecule has 150 valence electrons. The van der Waals surface area contributed by atoms with Gasteiger partial charge in [-0.05, 0) is 54.7 Å². The van der Waals surface area contributed by atoms with Gasteiger partial charge in [-0.3, -0.25) is 9.59 Å². The maximum Gasteiger partial charge on any atom is 0.282 e. The number of hydrogen-bond donors (Lipinski definition) is 0. The Morgan fingerprint density at radius 3 is 2.31 bits per heavy atom. The zero-order valence-corrected chi connectivity index (χ0v) is 18.1. The molecule has 0 aromatic heterocycles. The van der Waals surface area contributed by atoms with Crippen molar-refractivity contribution < 1.29 is 9.59 Å². The van der Waals surface area contributed by atoms with Crippen LogP contribution in [0.5, 0.6) is 0 Å². The summed E-state index contributed by atoms with van der Waals surface area (Å²) in [5, 5.41) is 1.26. The summed E-state index contributed by atoms with van der Waals surface area (Å²) in [4.78, 5) is 30.2. The molecule has 1 saturated heterocycles. The van der Waals surface area contributed by atoms with Gasteiger partial charge in [0.1, 0.15) is 5.70 Å². The number of rotatable bonds is 3. The molecular formula is C22H19Cl3N2O2. The summed E-state index contributed by atoms with van der Waals surface area (Å²) in [5.41, 5.74) is 1.74. The van der Waals surface area contributed by atoms with Gasteiger partial charge in [0, 0.05) is 23.1 Å². The number of carbonyl (C=O) groups excluding carboxylic acids is 2. The monoisotopic (exact) mass is 448 g/mol. The Hall–Kier alpha value is -2.01. The number of anilines is 1. The SMILES string of the molecule is CC1CCCN(C2=C(c3ccc(Cl)cc3)C(=O)N(c3cc(Cl)ccc3Cl)C2=O)C1. The van der Waals surface area contributed by atoms with Crippen LogP contribution in [0.4, 0.5) is 5.69 Å². The van der Waals surface area contributed by atoms with E-state index in [0.29, 0.717) is 43.5 Å². The molecule has 0 bridgehead atoms. The van der Waals surface area contributed by atoms with E-state index in [1.807, 2.05) is 4.90 Å².